The zero-order valence-corrected chi connectivity index (χ0v) is 13.3. The summed E-state index contributed by atoms with van der Waals surface area (Å²) in [5.41, 5.74) is 0.599. The highest BCUT2D eigenvalue weighted by Crippen LogP contribution is 2.52. The molecule has 24 heavy (non-hydrogen) atoms. The highest BCUT2D eigenvalue weighted by molar-refractivity contribution is 6.09. The second-order valence-corrected chi connectivity index (χ2v) is 6.54. The van der Waals surface area contributed by atoms with Crippen molar-refractivity contribution in [3.8, 4) is 5.75 Å². The Morgan fingerprint density at radius 1 is 1.12 bits per heavy atom. The molecule has 2 bridgehead atoms. The third kappa shape index (κ3) is 2.21. The minimum atomic E-state index is -0.373. The summed E-state index contributed by atoms with van der Waals surface area (Å²) in [6.45, 7) is -0.226. The Kier molecular flexibility index (Phi) is 3.40. The van der Waals surface area contributed by atoms with Crippen LogP contribution in [-0.2, 0) is 14.4 Å². The molecule has 0 spiro atoms. The van der Waals surface area contributed by atoms with Crippen LogP contribution in [0.2, 0.25) is 0 Å². The topological polar surface area (TPSA) is 75.7 Å². The number of amides is 3. The maximum absolute atomic E-state index is 12.5. The van der Waals surface area contributed by atoms with Gasteiger partial charge in [-0.15, -0.1) is 0 Å². The fourth-order valence-corrected chi connectivity index (χ4v) is 4.14. The maximum Gasteiger partial charge on any atom is 0.244 e. The minimum Gasteiger partial charge on any atom is -0.497 e. The maximum atomic E-state index is 12.5. The lowest BCUT2D eigenvalue weighted by Gasteiger charge is -2.16. The van der Waals surface area contributed by atoms with E-state index in [1.807, 2.05) is 12.2 Å². The summed E-state index contributed by atoms with van der Waals surface area (Å²) in [5, 5.41) is 2.71. The minimum absolute atomic E-state index is 0.158. The van der Waals surface area contributed by atoms with Gasteiger partial charge in [-0.1, -0.05) is 12.2 Å². The average Bonchev–Trinajstić information content (AvgIpc) is 3.25. The molecule has 6 heteroatoms. The number of nitrogens with one attached hydrogen (secondary N) is 1. The van der Waals surface area contributed by atoms with Gasteiger partial charge in [-0.2, -0.15) is 0 Å². The first-order valence-corrected chi connectivity index (χ1v) is 8.06. The number of hydrogen-bond acceptors (Lipinski definition) is 4. The Morgan fingerprint density at radius 2 is 1.71 bits per heavy atom. The molecule has 4 atom stereocenters. The van der Waals surface area contributed by atoms with Crippen molar-refractivity contribution in [3.63, 3.8) is 0 Å². The van der Waals surface area contributed by atoms with Gasteiger partial charge in [0.2, 0.25) is 17.7 Å². The number of carbonyl (C=O) groups is 3. The summed E-state index contributed by atoms with van der Waals surface area (Å²) in [7, 11) is 1.57. The Morgan fingerprint density at radius 3 is 2.25 bits per heavy atom. The van der Waals surface area contributed by atoms with Gasteiger partial charge in [0.25, 0.3) is 0 Å². The van der Waals surface area contributed by atoms with E-state index in [4.69, 9.17) is 4.74 Å². The van der Waals surface area contributed by atoms with Crippen LogP contribution in [0.25, 0.3) is 0 Å². The largest absolute Gasteiger partial charge is 0.497 e. The highest BCUT2D eigenvalue weighted by Gasteiger charge is 2.59. The third-order valence-corrected chi connectivity index (χ3v) is 5.24. The Labute approximate surface area is 139 Å². The second kappa shape index (κ2) is 5.47. The molecule has 3 aliphatic rings. The molecular formula is C18H18N2O4. The van der Waals surface area contributed by atoms with Crippen LogP contribution in [-0.4, -0.2) is 36.3 Å². The van der Waals surface area contributed by atoms with Crippen LogP contribution in [0.5, 0.6) is 5.75 Å². The smallest absolute Gasteiger partial charge is 0.244 e. The molecule has 1 N–H and O–H groups in total. The molecule has 1 aromatic rings. The van der Waals surface area contributed by atoms with Crippen molar-refractivity contribution < 1.29 is 19.1 Å². The van der Waals surface area contributed by atoms with Crippen LogP contribution in [0.15, 0.2) is 36.4 Å². The predicted octanol–water partition coefficient (Wildman–Crippen LogP) is 1.44. The van der Waals surface area contributed by atoms with Gasteiger partial charge in [0.15, 0.2) is 0 Å². The van der Waals surface area contributed by atoms with Crippen LogP contribution in [0.4, 0.5) is 5.69 Å². The lowest BCUT2D eigenvalue weighted by molar-refractivity contribution is -0.143. The van der Waals surface area contributed by atoms with Gasteiger partial charge < -0.3 is 10.1 Å². The predicted molar refractivity (Wildman–Crippen MR) is 86.1 cm³/mol. The van der Waals surface area contributed by atoms with Gasteiger partial charge in [-0.05, 0) is 42.5 Å². The number of ether oxygens (including phenoxy) is 1. The molecule has 4 rings (SSSR count). The van der Waals surface area contributed by atoms with E-state index in [1.54, 1.807) is 31.4 Å². The molecule has 1 saturated carbocycles. The molecule has 1 aliphatic heterocycles. The quantitative estimate of drug-likeness (QED) is 0.671. The van der Waals surface area contributed by atoms with Crippen LogP contribution in [0, 0.1) is 23.7 Å². The Balaban J connectivity index is 1.43. The monoisotopic (exact) mass is 326 g/mol. The van der Waals surface area contributed by atoms with E-state index in [0.29, 0.717) is 11.4 Å². The molecule has 1 saturated heterocycles. The molecule has 6 nitrogen and oxygen atoms in total. The normalized spacial score (nSPS) is 30.0. The van der Waals surface area contributed by atoms with Gasteiger partial charge in [-0.25, -0.2) is 0 Å². The number of hydrogen-bond donors (Lipinski definition) is 1. The van der Waals surface area contributed by atoms with E-state index >= 15 is 0 Å². The number of methoxy groups -OCH3 is 1. The first kappa shape index (κ1) is 14.9. The number of nitrogens with zero attached hydrogens (tertiary/aromatic N) is 1. The lowest BCUT2D eigenvalue weighted by Crippen LogP contribution is -2.39. The van der Waals surface area contributed by atoms with Crippen molar-refractivity contribution in [1.29, 1.82) is 0 Å². The van der Waals surface area contributed by atoms with E-state index in [0.717, 1.165) is 11.3 Å². The van der Waals surface area contributed by atoms with Crippen molar-refractivity contribution in [2.45, 2.75) is 6.42 Å². The van der Waals surface area contributed by atoms with Crippen LogP contribution >= 0.6 is 0 Å². The first-order valence-electron chi connectivity index (χ1n) is 8.06. The molecule has 2 fully saturated rings. The second-order valence-electron chi connectivity index (χ2n) is 6.54. The highest BCUT2D eigenvalue weighted by atomic mass is 16.5. The number of allylic oxidation sites excluding steroid dienone is 2. The standard InChI is InChI=1S/C18H18N2O4/c1-24-13-6-4-12(5-7-13)19-14(21)9-20-17(22)15-10-2-3-11(8-10)16(15)18(20)23/h2-7,10-11,15-16H,8-9H2,1H3,(H,19,21)/t10-,11+,15-,16+. The fraction of sp³-hybridized carbons (Fsp3) is 0.389. The first-order chi connectivity index (χ1) is 11.6. The Hall–Kier alpha value is -2.63. The number of imide groups is 1. The fourth-order valence-electron chi connectivity index (χ4n) is 4.14. The van der Waals surface area contributed by atoms with Crippen molar-refractivity contribution in [1.82, 2.24) is 4.90 Å². The molecule has 124 valence electrons. The van der Waals surface area contributed by atoms with Gasteiger partial charge in [0.1, 0.15) is 12.3 Å². The van der Waals surface area contributed by atoms with Gasteiger partial charge in [-0.3, -0.25) is 19.3 Å². The molecule has 0 unspecified atom stereocenters. The van der Waals surface area contributed by atoms with Crippen LogP contribution in [0.1, 0.15) is 6.42 Å². The molecule has 0 aromatic heterocycles. The summed E-state index contributed by atoms with van der Waals surface area (Å²) in [5.74, 6) is -0.297. The van der Waals surface area contributed by atoms with Gasteiger partial charge in [0.05, 0.1) is 18.9 Å². The van der Waals surface area contributed by atoms with E-state index in [2.05, 4.69) is 5.32 Å². The third-order valence-electron chi connectivity index (χ3n) is 5.24. The van der Waals surface area contributed by atoms with E-state index < -0.39 is 0 Å². The molecule has 3 amide bonds. The Bertz CT molecular complexity index is 710. The average molecular weight is 326 g/mol. The number of likely N-dealkylation sites (tertiary alicyclic amines) is 1. The molecule has 1 heterocycles. The SMILES string of the molecule is COc1ccc(NC(=O)CN2C(=O)[C@@H]3[C@H](C2=O)[C@@H]2C=C[C@H]3C2)cc1. The van der Waals surface area contributed by atoms with Crippen molar-refractivity contribution in [2.75, 3.05) is 19.0 Å². The van der Waals surface area contributed by atoms with Crippen LogP contribution < -0.4 is 10.1 Å². The summed E-state index contributed by atoms with van der Waals surface area (Å²) >= 11 is 0. The zero-order valence-electron chi connectivity index (χ0n) is 13.3. The van der Waals surface area contributed by atoms with Gasteiger partial charge in [0, 0.05) is 5.69 Å². The zero-order chi connectivity index (χ0) is 16.8. The van der Waals surface area contributed by atoms with Crippen LogP contribution in [0.3, 0.4) is 0 Å². The molecular weight excluding hydrogens is 308 g/mol. The van der Waals surface area contributed by atoms with E-state index in [-0.39, 0.29) is 47.9 Å². The molecule has 2 aliphatic carbocycles. The van der Waals surface area contributed by atoms with Crippen molar-refractivity contribution in [2.24, 2.45) is 23.7 Å². The number of carbonyl (C=O) groups excluding carboxylic acids is 3. The summed E-state index contributed by atoms with van der Waals surface area (Å²) in [6.07, 6.45) is 4.97. The number of benzene rings is 1. The number of anilines is 1. The lowest BCUT2D eigenvalue weighted by atomic mass is 9.85. The van der Waals surface area contributed by atoms with E-state index in [9.17, 15) is 14.4 Å². The van der Waals surface area contributed by atoms with Crippen molar-refractivity contribution >= 4 is 23.4 Å². The summed E-state index contributed by atoms with van der Waals surface area (Å²) < 4.78 is 5.06. The van der Waals surface area contributed by atoms with Crippen molar-refractivity contribution in [3.05, 3.63) is 36.4 Å². The number of rotatable bonds is 4. The number of fused-ring (bicyclic) bond motifs is 5. The molecule has 0 radical (unpaired) electrons. The van der Waals surface area contributed by atoms with Gasteiger partial charge >= 0.3 is 0 Å². The summed E-state index contributed by atoms with van der Waals surface area (Å²) in [6, 6.07) is 6.89. The molecule has 1 aromatic carbocycles. The van der Waals surface area contributed by atoms with E-state index in [1.165, 1.54) is 0 Å². The summed E-state index contributed by atoms with van der Waals surface area (Å²) in [4.78, 5) is 38.4.